The van der Waals surface area contributed by atoms with Crippen LogP contribution in [0.15, 0.2) is 18.2 Å². The largest absolute Gasteiger partial charge is 0.484 e. The summed E-state index contributed by atoms with van der Waals surface area (Å²) in [7, 11) is 0.741. The number of hydrogen-bond acceptors (Lipinski definition) is 5. The second kappa shape index (κ2) is 9.86. The molecule has 1 aromatic carbocycles. The average Bonchev–Trinajstić information content (AvgIpc) is 2.67. The Morgan fingerprint density at radius 1 is 1.39 bits per heavy atom. The number of nitrogens with one attached hydrogen (secondary N) is 1. The Hall–Kier alpha value is -2.33. The maximum Gasteiger partial charge on any atom is 0.411 e. The van der Waals surface area contributed by atoms with Gasteiger partial charge in [0.2, 0.25) is 5.91 Å². The Morgan fingerprint density at radius 2 is 2.06 bits per heavy atom. The highest BCUT2D eigenvalue weighted by atomic mass is 35.5. The van der Waals surface area contributed by atoms with Crippen molar-refractivity contribution in [3.05, 3.63) is 29.0 Å². The van der Waals surface area contributed by atoms with Gasteiger partial charge in [-0.05, 0) is 51.8 Å². The Labute approximate surface area is 189 Å². The van der Waals surface area contributed by atoms with E-state index in [-0.39, 0.29) is 23.9 Å². The third-order valence-corrected chi connectivity index (χ3v) is 6.70. The molecule has 1 heterocycles. The number of benzene rings is 1. The average molecular weight is 474 g/mol. The van der Waals surface area contributed by atoms with Crippen molar-refractivity contribution in [3.63, 3.8) is 0 Å². The van der Waals surface area contributed by atoms with Gasteiger partial charge in [0.1, 0.15) is 23.2 Å². The van der Waals surface area contributed by atoms with Crippen molar-refractivity contribution in [3.8, 4) is 5.75 Å². The molecule has 172 valence electrons. The van der Waals surface area contributed by atoms with Gasteiger partial charge in [0.25, 0.3) is 5.91 Å². The van der Waals surface area contributed by atoms with Crippen LogP contribution in [0.1, 0.15) is 33.6 Å². The molecule has 8 nitrogen and oxygen atoms in total. The molecule has 1 aliphatic heterocycles. The Balaban J connectivity index is 2.09. The number of carbonyl (C=O) groups is 3. The lowest BCUT2D eigenvalue weighted by molar-refractivity contribution is -0.128. The number of nitrogens with two attached hydrogens (primary N) is 1. The molecule has 0 aliphatic carbocycles. The number of amides is 3. The van der Waals surface area contributed by atoms with E-state index in [1.54, 1.807) is 20.8 Å². The lowest BCUT2D eigenvalue weighted by atomic mass is 9.86. The van der Waals surface area contributed by atoms with E-state index in [0.29, 0.717) is 18.9 Å². The molecule has 0 radical (unpaired) electrons. The van der Waals surface area contributed by atoms with Gasteiger partial charge in [-0.3, -0.25) is 14.5 Å². The first-order valence-corrected chi connectivity index (χ1v) is 11.8. The van der Waals surface area contributed by atoms with E-state index >= 15 is 0 Å². The lowest BCUT2D eigenvalue weighted by Gasteiger charge is -2.46. The molecule has 3 amide bonds. The number of likely N-dealkylation sites (tertiary alicyclic amines) is 1. The summed E-state index contributed by atoms with van der Waals surface area (Å²) in [4.78, 5) is 38.5. The van der Waals surface area contributed by atoms with E-state index in [1.807, 2.05) is 0 Å². The molecular weight excluding hydrogens is 445 g/mol. The molecule has 1 fully saturated rings. The molecule has 2 atom stereocenters. The molecule has 2 rings (SSSR count). The second-order valence-electron chi connectivity index (χ2n) is 8.61. The molecule has 0 unspecified atom stereocenters. The summed E-state index contributed by atoms with van der Waals surface area (Å²) in [6.07, 6.45) is 0.128. The summed E-state index contributed by atoms with van der Waals surface area (Å²) < 4.78 is 24.3. The fraction of sp³-hybridized carbons (Fsp3) is 0.550. The van der Waals surface area contributed by atoms with E-state index in [9.17, 15) is 18.8 Å². The Kier molecular flexibility index (Phi) is 7.93. The van der Waals surface area contributed by atoms with E-state index in [2.05, 4.69) is 5.32 Å². The number of hydrogen-bond donors (Lipinski definition) is 2. The van der Waals surface area contributed by atoms with Crippen LogP contribution in [0.3, 0.4) is 0 Å². The fourth-order valence-corrected chi connectivity index (χ4v) is 4.29. The molecule has 1 aromatic rings. The molecule has 31 heavy (non-hydrogen) atoms. The summed E-state index contributed by atoms with van der Waals surface area (Å²) in [6.45, 7) is 4.95. The van der Waals surface area contributed by atoms with E-state index in [0.717, 1.165) is 16.3 Å². The Morgan fingerprint density at radius 3 is 2.61 bits per heavy atom. The van der Waals surface area contributed by atoms with Gasteiger partial charge in [-0.25, -0.2) is 9.18 Å². The monoisotopic (exact) mass is 473 g/mol. The van der Waals surface area contributed by atoms with Gasteiger partial charge < -0.3 is 20.5 Å². The summed E-state index contributed by atoms with van der Waals surface area (Å²) in [5.74, 6) is -1.52. The van der Waals surface area contributed by atoms with Crippen molar-refractivity contribution in [2.45, 2.75) is 56.8 Å². The highest BCUT2D eigenvalue weighted by Gasteiger charge is 2.44. The number of nitrogens with zero attached hydrogens (tertiary/aromatic N) is 1. The van der Waals surface area contributed by atoms with E-state index in [1.165, 1.54) is 17.0 Å². The molecule has 0 saturated carbocycles. The van der Waals surface area contributed by atoms with Crippen LogP contribution in [-0.4, -0.2) is 63.4 Å². The minimum Gasteiger partial charge on any atom is -0.484 e. The maximum absolute atomic E-state index is 13.5. The smallest absolute Gasteiger partial charge is 0.411 e. The third kappa shape index (κ3) is 6.83. The van der Waals surface area contributed by atoms with Crippen molar-refractivity contribution in [2.75, 3.05) is 13.2 Å². The van der Waals surface area contributed by atoms with Gasteiger partial charge in [0.05, 0.1) is 10.6 Å². The van der Waals surface area contributed by atoms with Crippen molar-refractivity contribution in [1.82, 2.24) is 10.2 Å². The molecule has 3 N–H and O–H groups in total. The molecule has 0 spiro atoms. The molecule has 0 aromatic heterocycles. The highest BCUT2D eigenvalue weighted by molar-refractivity contribution is 6.30. The number of rotatable bonds is 6. The van der Waals surface area contributed by atoms with Crippen molar-refractivity contribution in [2.24, 2.45) is 5.73 Å². The fourth-order valence-electron chi connectivity index (χ4n) is 3.42. The topological polar surface area (TPSA) is 111 Å². The van der Waals surface area contributed by atoms with Crippen LogP contribution in [-0.2, 0) is 14.3 Å². The highest BCUT2D eigenvalue weighted by Crippen LogP contribution is 2.30. The number of halogens is 2. The van der Waals surface area contributed by atoms with Gasteiger partial charge in [-0.2, -0.15) is 0 Å². The van der Waals surface area contributed by atoms with Gasteiger partial charge in [-0.15, -0.1) is 0 Å². The summed E-state index contributed by atoms with van der Waals surface area (Å²) in [5.41, 5.74) is 4.03. The maximum atomic E-state index is 13.5. The molecule has 11 heteroatoms. The van der Waals surface area contributed by atoms with Gasteiger partial charge in [-0.1, -0.05) is 11.6 Å². The van der Waals surface area contributed by atoms with Crippen LogP contribution in [0.5, 0.6) is 5.75 Å². The van der Waals surface area contributed by atoms with Crippen LogP contribution >= 0.6 is 11.6 Å². The number of carbonyl (C=O) groups excluding carboxylic acids is 3. The van der Waals surface area contributed by atoms with Crippen molar-refractivity contribution >= 4 is 39.8 Å². The van der Waals surface area contributed by atoms with Crippen molar-refractivity contribution < 1.29 is 28.2 Å². The number of ether oxygens (including phenoxy) is 2. The second-order valence-corrected chi connectivity index (χ2v) is 9.73. The minimum atomic E-state index is -0.804. The van der Waals surface area contributed by atoms with Crippen LogP contribution in [0.4, 0.5) is 9.18 Å². The zero-order chi connectivity index (χ0) is 23.4. The van der Waals surface area contributed by atoms with Gasteiger partial charge in [0, 0.05) is 22.9 Å². The molecule has 1 saturated heterocycles. The summed E-state index contributed by atoms with van der Waals surface area (Å²) in [5, 5.41) is 2.89. The SMILES string of the molecule is CC(C)(C)OC(=O)N1C[C@@](C[SiH3])(NC(=O)COc2ccc(Cl)c(F)c2)CC[C@@H]1C(N)=O. The number of primary amides is 1. The Bertz CT molecular complexity index is 851. The van der Waals surface area contributed by atoms with Crippen LogP contribution in [0, 0.1) is 5.82 Å². The zero-order valence-corrected chi connectivity index (χ0v) is 20.9. The van der Waals surface area contributed by atoms with Crippen LogP contribution < -0.4 is 15.8 Å². The van der Waals surface area contributed by atoms with Gasteiger partial charge in [0.15, 0.2) is 6.61 Å². The summed E-state index contributed by atoms with van der Waals surface area (Å²) >= 11 is 5.64. The van der Waals surface area contributed by atoms with E-state index in [4.69, 9.17) is 26.8 Å². The van der Waals surface area contributed by atoms with Crippen LogP contribution in [0.2, 0.25) is 11.1 Å². The third-order valence-electron chi connectivity index (χ3n) is 5.04. The lowest BCUT2D eigenvalue weighted by Crippen LogP contribution is -2.65. The van der Waals surface area contributed by atoms with Crippen LogP contribution in [0.25, 0.3) is 0 Å². The predicted molar refractivity (Wildman–Crippen MR) is 118 cm³/mol. The first-order valence-electron chi connectivity index (χ1n) is 10.0. The van der Waals surface area contributed by atoms with Crippen molar-refractivity contribution in [1.29, 1.82) is 0 Å². The summed E-state index contributed by atoms with van der Waals surface area (Å²) in [6, 6.07) is 3.73. The first kappa shape index (κ1) is 24.9. The minimum absolute atomic E-state index is 0.0415. The standard InChI is InChI=1S/C20H29ClFN3O5Si/c1-19(2,3)30-18(28)25-10-20(11-31,7-6-15(25)17(23)27)24-16(26)9-29-12-4-5-13(21)14(22)8-12/h4-5,8,15H,6-7,9-11H2,1-3,31H3,(H2,23,27)(H,24,26)/t15-,20+/m1/s1. The van der Waals surface area contributed by atoms with Gasteiger partial charge >= 0.3 is 6.09 Å². The molecular formula is C20H29ClFN3O5Si. The normalized spacial score (nSPS) is 21.5. The quantitative estimate of drug-likeness (QED) is 0.606. The van der Waals surface area contributed by atoms with E-state index < -0.39 is 40.9 Å². The molecule has 0 bridgehead atoms. The first-order chi connectivity index (χ1) is 14.4. The number of piperidine rings is 1. The molecule has 1 aliphatic rings. The zero-order valence-electron chi connectivity index (χ0n) is 18.2. The predicted octanol–water partition coefficient (Wildman–Crippen LogP) is 1.38.